The minimum atomic E-state index is -0.384. The van der Waals surface area contributed by atoms with Gasteiger partial charge in [0.15, 0.2) is 0 Å². The molecule has 0 aromatic rings. The molecule has 2 aliphatic rings. The van der Waals surface area contributed by atoms with Crippen LogP contribution < -0.4 is 0 Å². The normalized spacial score (nSPS) is 25.6. The fraction of sp³-hybridized carbons (Fsp3) is 0.889. The number of piperidine rings is 2. The van der Waals surface area contributed by atoms with Gasteiger partial charge in [-0.05, 0) is 44.9 Å². The first-order valence-electron chi connectivity index (χ1n) is 9.16. The molecule has 3 unspecified atom stereocenters. The highest BCUT2D eigenvalue weighted by atomic mass is 16.3. The highest BCUT2D eigenvalue weighted by molar-refractivity contribution is 5.88. The first kappa shape index (κ1) is 18.2. The molecule has 1 N–H and O–H groups in total. The molecule has 2 saturated heterocycles. The molecule has 0 saturated carbocycles. The molecular formula is C18H32N2O3. The third-order valence-corrected chi connectivity index (χ3v) is 5.17. The first-order valence-corrected chi connectivity index (χ1v) is 9.16. The fourth-order valence-electron chi connectivity index (χ4n) is 3.78. The second kappa shape index (κ2) is 8.13. The predicted molar refractivity (Wildman–Crippen MR) is 89.8 cm³/mol. The molecule has 23 heavy (non-hydrogen) atoms. The van der Waals surface area contributed by atoms with Crippen LogP contribution in [0.3, 0.4) is 0 Å². The average molecular weight is 324 g/mol. The van der Waals surface area contributed by atoms with E-state index in [1.807, 2.05) is 9.80 Å². The van der Waals surface area contributed by atoms with Crippen molar-refractivity contribution in [1.82, 2.24) is 9.80 Å². The number of carbonyl (C=O) groups is 2. The Morgan fingerprint density at radius 3 is 2.57 bits per heavy atom. The van der Waals surface area contributed by atoms with Gasteiger partial charge in [0, 0.05) is 32.0 Å². The minimum absolute atomic E-state index is 0.0827. The van der Waals surface area contributed by atoms with Gasteiger partial charge in [-0.3, -0.25) is 9.59 Å². The zero-order chi connectivity index (χ0) is 17.0. The number of nitrogens with zero attached hydrogens (tertiary/aromatic N) is 2. The molecule has 0 aromatic heterocycles. The van der Waals surface area contributed by atoms with Gasteiger partial charge in [-0.2, -0.15) is 0 Å². The lowest BCUT2D eigenvalue weighted by Gasteiger charge is -2.40. The van der Waals surface area contributed by atoms with E-state index in [0.717, 1.165) is 38.6 Å². The Kier molecular flexibility index (Phi) is 6.45. The number of aliphatic hydroxyl groups excluding tert-OH is 1. The van der Waals surface area contributed by atoms with Crippen LogP contribution in [0.5, 0.6) is 0 Å². The zero-order valence-electron chi connectivity index (χ0n) is 14.8. The Hall–Kier alpha value is -1.10. The number of rotatable bonds is 5. The number of hydrogen-bond acceptors (Lipinski definition) is 3. The smallest absolute Gasteiger partial charge is 0.245 e. The molecule has 0 spiro atoms. The van der Waals surface area contributed by atoms with Crippen LogP contribution in [-0.2, 0) is 9.59 Å². The number of carbonyl (C=O) groups excluding carboxylic acids is 2. The van der Waals surface area contributed by atoms with Crippen molar-refractivity contribution in [2.45, 2.75) is 71.4 Å². The molecular weight excluding hydrogens is 292 g/mol. The molecule has 5 heteroatoms. The lowest BCUT2D eigenvalue weighted by atomic mass is 9.92. The van der Waals surface area contributed by atoms with Gasteiger partial charge in [0.25, 0.3) is 0 Å². The quantitative estimate of drug-likeness (QED) is 0.842. The van der Waals surface area contributed by atoms with Crippen LogP contribution >= 0.6 is 0 Å². The van der Waals surface area contributed by atoms with Gasteiger partial charge in [0.2, 0.25) is 11.8 Å². The summed E-state index contributed by atoms with van der Waals surface area (Å²) in [6.07, 6.45) is 4.74. The van der Waals surface area contributed by atoms with Gasteiger partial charge >= 0.3 is 0 Å². The Balaban J connectivity index is 2.10. The van der Waals surface area contributed by atoms with Gasteiger partial charge in [0.1, 0.15) is 6.04 Å². The summed E-state index contributed by atoms with van der Waals surface area (Å²) in [5.74, 6) is 0.735. The molecule has 0 bridgehead atoms. The van der Waals surface area contributed by atoms with Crippen LogP contribution in [0.2, 0.25) is 0 Å². The molecule has 2 fully saturated rings. The Bertz CT molecular complexity index is 422. The lowest BCUT2D eigenvalue weighted by Crippen LogP contribution is -2.55. The van der Waals surface area contributed by atoms with Crippen LogP contribution in [0, 0.1) is 11.8 Å². The molecule has 5 nitrogen and oxygen atoms in total. The maximum Gasteiger partial charge on any atom is 0.245 e. The summed E-state index contributed by atoms with van der Waals surface area (Å²) in [6, 6.07) is -0.324. The average Bonchev–Trinajstić information content (AvgIpc) is 2.52. The Morgan fingerprint density at radius 2 is 1.96 bits per heavy atom. The zero-order valence-corrected chi connectivity index (χ0v) is 14.8. The number of likely N-dealkylation sites (tertiary alicyclic amines) is 2. The van der Waals surface area contributed by atoms with Gasteiger partial charge in [0.05, 0.1) is 6.10 Å². The van der Waals surface area contributed by atoms with E-state index < -0.39 is 0 Å². The van der Waals surface area contributed by atoms with Crippen LogP contribution in [0.15, 0.2) is 0 Å². The summed E-state index contributed by atoms with van der Waals surface area (Å²) in [7, 11) is 0. The molecule has 2 heterocycles. The molecule has 2 amide bonds. The van der Waals surface area contributed by atoms with Crippen molar-refractivity contribution >= 4 is 11.8 Å². The summed E-state index contributed by atoms with van der Waals surface area (Å²) in [5, 5.41) is 9.85. The maximum absolute atomic E-state index is 13.1. The predicted octanol–water partition coefficient (Wildman–Crippen LogP) is 2.03. The van der Waals surface area contributed by atoms with Crippen molar-refractivity contribution in [3.05, 3.63) is 0 Å². The lowest BCUT2D eigenvalue weighted by molar-refractivity contribution is -0.149. The van der Waals surface area contributed by atoms with E-state index in [1.165, 1.54) is 0 Å². The maximum atomic E-state index is 13.1. The van der Waals surface area contributed by atoms with Crippen molar-refractivity contribution < 1.29 is 14.7 Å². The third-order valence-electron chi connectivity index (χ3n) is 5.17. The molecule has 3 atom stereocenters. The standard InChI is InChI=1S/C18H32N2O3/c1-13(2)11-16(20-10-5-4-8-17(20)22)18(23)19-9-6-7-15(12-19)14(3)21/h13-16,21H,4-12H2,1-3H3. The highest BCUT2D eigenvalue weighted by Crippen LogP contribution is 2.25. The van der Waals surface area contributed by atoms with Crippen LogP contribution in [0.25, 0.3) is 0 Å². The number of aliphatic hydroxyl groups is 1. The van der Waals surface area contributed by atoms with Gasteiger partial charge in [-0.1, -0.05) is 13.8 Å². The van der Waals surface area contributed by atoms with Crippen molar-refractivity contribution in [3.8, 4) is 0 Å². The second-order valence-electron chi connectivity index (χ2n) is 7.62. The van der Waals surface area contributed by atoms with E-state index in [0.29, 0.717) is 25.4 Å². The summed E-state index contributed by atoms with van der Waals surface area (Å²) in [4.78, 5) is 29.1. The SMILES string of the molecule is CC(C)CC(C(=O)N1CCCC(C(C)O)C1)N1CCCCC1=O. The van der Waals surface area contributed by atoms with Gasteiger partial charge in [-0.15, -0.1) is 0 Å². The summed E-state index contributed by atoms with van der Waals surface area (Å²) in [5.41, 5.74) is 0. The van der Waals surface area contributed by atoms with Crippen LogP contribution in [-0.4, -0.2) is 58.5 Å². The van der Waals surface area contributed by atoms with Crippen molar-refractivity contribution in [2.24, 2.45) is 11.8 Å². The number of hydrogen-bond donors (Lipinski definition) is 1. The highest BCUT2D eigenvalue weighted by Gasteiger charge is 2.36. The van der Waals surface area contributed by atoms with Gasteiger partial charge < -0.3 is 14.9 Å². The van der Waals surface area contributed by atoms with Crippen molar-refractivity contribution in [3.63, 3.8) is 0 Å². The molecule has 132 valence electrons. The number of amides is 2. The molecule has 2 aliphatic heterocycles. The first-order chi connectivity index (χ1) is 10.9. The van der Waals surface area contributed by atoms with E-state index in [2.05, 4.69) is 13.8 Å². The Labute approximate surface area is 140 Å². The van der Waals surface area contributed by atoms with Crippen molar-refractivity contribution in [2.75, 3.05) is 19.6 Å². The summed E-state index contributed by atoms with van der Waals surface area (Å²) >= 11 is 0. The third kappa shape index (κ3) is 4.69. The topological polar surface area (TPSA) is 60.9 Å². The minimum Gasteiger partial charge on any atom is -0.393 e. The molecule has 0 radical (unpaired) electrons. The van der Waals surface area contributed by atoms with Crippen LogP contribution in [0.1, 0.15) is 59.3 Å². The van der Waals surface area contributed by atoms with E-state index in [4.69, 9.17) is 0 Å². The van der Waals surface area contributed by atoms with E-state index in [-0.39, 0.29) is 29.9 Å². The van der Waals surface area contributed by atoms with E-state index >= 15 is 0 Å². The summed E-state index contributed by atoms with van der Waals surface area (Å²) < 4.78 is 0. The molecule has 0 aliphatic carbocycles. The van der Waals surface area contributed by atoms with E-state index in [1.54, 1.807) is 6.92 Å². The monoisotopic (exact) mass is 324 g/mol. The van der Waals surface area contributed by atoms with Crippen LogP contribution in [0.4, 0.5) is 0 Å². The summed E-state index contributed by atoms with van der Waals surface area (Å²) in [6.45, 7) is 8.08. The Morgan fingerprint density at radius 1 is 1.22 bits per heavy atom. The second-order valence-corrected chi connectivity index (χ2v) is 7.62. The fourth-order valence-corrected chi connectivity index (χ4v) is 3.78. The van der Waals surface area contributed by atoms with E-state index in [9.17, 15) is 14.7 Å². The van der Waals surface area contributed by atoms with Gasteiger partial charge in [-0.25, -0.2) is 0 Å². The molecule has 2 rings (SSSR count). The molecule has 0 aromatic carbocycles. The van der Waals surface area contributed by atoms with Crippen molar-refractivity contribution in [1.29, 1.82) is 0 Å². The largest absolute Gasteiger partial charge is 0.393 e.